The first-order valence-electron chi connectivity index (χ1n) is 7.29. The molecular formula is C15H24ClN5O. The molecule has 2 aromatic heterocycles. The number of hydrogen-bond donors (Lipinski definition) is 2. The molecule has 0 aliphatic heterocycles. The fourth-order valence-corrected chi connectivity index (χ4v) is 2.45. The number of nitrogens with zero attached hydrogens (tertiary/aromatic N) is 3. The smallest absolute Gasteiger partial charge is 0.257 e. The minimum Gasteiger partial charge on any atom is -0.350 e. The van der Waals surface area contributed by atoms with Crippen LogP contribution in [0.4, 0.5) is 0 Å². The van der Waals surface area contributed by atoms with Gasteiger partial charge in [0.25, 0.3) is 5.91 Å². The highest BCUT2D eigenvalue weighted by atomic mass is 35.5. The molecule has 122 valence electrons. The number of aryl methyl sites for hydroxylation is 3. The van der Waals surface area contributed by atoms with Crippen LogP contribution in [-0.2, 0) is 0 Å². The van der Waals surface area contributed by atoms with Gasteiger partial charge in [-0.05, 0) is 40.3 Å². The summed E-state index contributed by atoms with van der Waals surface area (Å²) in [5, 5.41) is 10.6. The fourth-order valence-electron chi connectivity index (χ4n) is 2.45. The molecule has 0 aliphatic carbocycles. The maximum Gasteiger partial charge on any atom is 0.257 e. The zero-order valence-electron chi connectivity index (χ0n) is 13.7. The largest absolute Gasteiger partial charge is 0.350 e. The molecule has 2 N–H and O–H groups in total. The summed E-state index contributed by atoms with van der Waals surface area (Å²) in [6.45, 7) is 11.3. The molecule has 0 saturated carbocycles. The lowest BCUT2D eigenvalue weighted by Crippen LogP contribution is -2.39. The summed E-state index contributed by atoms with van der Waals surface area (Å²) in [6.07, 6.45) is 0. The Bertz CT molecular complexity index is 667. The molecule has 0 aliphatic rings. The van der Waals surface area contributed by atoms with Crippen LogP contribution in [0.2, 0.25) is 0 Å². The van der Waals surface area contributed by atoms with E-state index in [1.807, 2.05) is 40.7 Å². The summed E-state index contributed by atoms with van der Waals surface area (Å²) < 4.78 is 1.73. The Morgan fingerprint density at radius 2 is 2.05 bits per heavy atom. The number of halogens is 1. The van der Waals surface area contributed by atoms with Gasteiger partial charge in [-0.25, -0.2) is 9.50 Å². The normalized spacial score (nSPS) is 12.0. The number of likely N-dealkylation sites (N-methyl/N-ethyl adjacent to an activating group) is 1. The van der Waals surface area contributed by atoms with Gasteiger partial charge in [0.05, 0.1) is 5.69 Å². The maximum absolute atomic E-state index is 12.4. The van der Waals surface area contributed by atoms with E-state index in [-0.39, 0.29) is 24.4 Å². The number of hydrogen-bond acceptors (Lipinski definition) is 4. The number of rotatable bonds is 5. The van der Waals surface area contributed by atoms with Crippen LogP contribution in [0.25, 0.3) is 5.65 Å². The van der Waals surface area contributed by atoms with E-state index in [9.17, 15) is 4.79 Å². The Labute approximate surface area is 137 Å². The lowest BCUT2D eigenvalue weighted by molar-refractivity contribution is 0.0951. The first kappa shape index (κ1) is 18.4. The van der Waals surface area contributed by atoms with Crippen molar-refractivity contribution in [3.8, 4) is 0 Å². The van der Waals surface area contributed by atoms with E-state index >= 15 is 0 Å². The monoisotopic (exact) mass is 325 g/mol. The van der Waals surface area contributed by atoms with Crippen LogP contribution < -0.4 is 10.6 Å². The molecule has 1 amide bonds. The molecule has 0 aromatic carbocycles. The van der Waals surface area contributed by atoms with Crippen molar-refractivity contribution in [3.63, 3.8) is 0 Å². The molecule has 2 aromatic rings. The highest BCUT2D eigenvalue weighted by Gasteiger charge is 2.19. The van der Waals surface area contributed by atoms with Crippen molar-refractivity contribution in [1.82, 2.24) is 25.2 Å². The van der Waals surface area contributed by atoms with Crippen molar-refractivity contribution in [2.75, 3.05) is 13.1 Å². The van der Waals surface area contributed by atoms with Crippen LogP contribution in [0, 0.1) is 20.8 Å². The molecule has 0 radical (unpaired) electrons. The van der Waals surface area contributed by atoms with Gasteiger partial charge >= 0.3 is 0 Å². The standard InChI is InChI=1S/C15H23N5O.ClH/c1-6-16-10(3)8-17-15(21)13-12(5)19-20-11(4)7-9(2)18-14(13)20;/h7,10,16H,6,8H2,1-5H3,(H,17,21);1H/t10-;/m1./s1. The topological polar surface area (TPSA) is 71.3 Å². The molecule has 0 saturated heterocycles. The summed E-state index contributed by atoms with van der Waals surface area (Å²) in [5.74, 6) is -0.121. The predicted molar refractivity (Wildman–Crippen MR) is 89.9 cm³/mol. The lowest BCUT2D eigenvalue weighted by Gasteiger charge is -2.13. The summed E-state index contributed by atoms with van der Waals surface area (Å²) in [7, 11) is 0. The van der Waals surface area contributed by atoms with Gasteiger partial charge < -0.3 is 10.6 Å². The minimum atomic E-state index is -0.121. The Morgan fingerprint density at radius 3 is 2.68 bits per heavy atom. The minimum absolute atomic E-state index is 0. The van der Waals surface area contributed by atoms with E-state index in [4.69, 9.17) is 0 Å². The number of fused-ring (bicyclic) bond motifs is 1. The molecule has 0 unspecified atom stereocenters. The van der Waals surface area contributed by atoms with E-state index in [1.165, 1.54) is 0 Å². The highest BCUT2D eigenvalue weighted by molar-refractivity contribution is 6.01. The van der Waals surface area contributed by atoms with Gasteiger partial charge in [0, 0.05) is 24.0 Å². The Kier molecular flexibility index (Phi) is 6.32. The van der Waals surface area contributed by atoms with E-state index < -0.39 is 0 Å². The van der Waals surface area contributed by atoms with Crippen molar-refractivity contribution in [2.24, 2.45) is 0 Å². The van der Waals surface area contributed by atoms with Gasteiger partial charge in [-0.1, -0.05) is 6.92 Å². The summed E-state index contributed by atoms with van der Waals surface area (Å²) in [5.41, 5.74) is 3.74. The van der Waals surface area contributed by atoms with Gasteiger partial charge in [0.2, 0.25) is 0 Å². The molecule has 2 heterocycles. The molecule has 0 spiro atoms. The number of carbonyl (C=O) groups is 1. The molecule has 0 fully saturated rings. The predicted octanol–water partition coefficient (Wildman–Crippen LogP) is 1.80. The molecule has 7 heteroatoms. The molecule has 22 heavy (non-hydrogen) atoms. The van der Waals surface area contributed by atoms with E-state index in [0.717, 1.165) is 17.9 Å². The molecule has 0 bridgehead atoms. The van der Waals surface area contributed by atoms with Gasteiger partial charge in [-0.2, -0.15) is 5.10 Å². The van der Waals surface area contributed by atoms with Crippen molar-refractivity contribution in [2.45, 2.75) is 40.7 Å². The number of nitrogens with one attached hydrogen (secondary N) is 2. The van der Waals surface area contributed by atoms with Crippen LogP contribution >= 0.6 is 12.4 Å². The average Bonchev–Trinajstić information content (AvgIpc) is 2.73. The van der Waals surface area contributed by atoms with Crippen molar-refractivity contribution in [3.05, 3.63) is 28.7 Å². The Morgan fingerprint density at radius 1 is 1.36 bits per heavy atom. The maximum atomic E-state index is 12.4. The third-order valence-electron chi connectivity index (χ3n) is 3.42. The van der Waals surface area contributed by atoms with E-state index in [1.54, 1.807) is 4.52 Å². The summed E-state index contributed by atoms with van der Waals surface area (Å²) >= 11 is 0. The second-order valence-electron chi connectivity index (χ2n) is 5.40. The molecule has 1 atom stereocenters. The molecule has 6 nitrogen and oxygen atoms in total. The first-order valence-corrected chi connectivity index (χ1v) is 7.29. The van der Waals surface area contributed by atoms with Crippen LogP contribution in [-0.4, -0.2) is 39.6 Å². The van der Waals surface area contributed by atoms with Gasteiger partial charge in [-0.15, -0.1) is 12.4 Å². The lowest BCUT2D eigenvalue weighted by atomic mass is 10.2. The van der Waals surface area contributed by atoms with Crippen molar-refractivity contribution < 1.29 is 4.79 Å². The third kappa shape index (κ3) is 3.75. The average molecular weight is 326 g/mol. The molecule has 2 rings (SSSR count). The van der Waals surface area contributed by atoms with E-state index in [2.05, 4.69) is 20.7 Å². The first-order chi connectivity index (χ1) is 9.93. The van der Waals surface area contributed by atoms with Gasteiger partial charge in [0.1, 0.15) is 5.56 Å². The zero-order chi connectivity index (χ0) is 15.6. The highest BCUT2D eigenvalue weighted by Crippen LogP contribution is 2.15. The number of aromatic nitrogens is 3. The van der Waals surface area contributed by atoms with Crippen LogP contribution in [0.1, 0.15) is 41.3 Å². The summed E-state index contributed by atoms with van der Waals surface area (Å²) in [4.78, 5) is 16.9. The van der Waals surface area contributed by atoms with Crippen LogP contribution in [0.5, 0.6) is 0 Å². The molecular weight excluding hydrogens is 302 g/mol. The number of amides is 1. The van der Waals surface area contributed by atoms with E-state index in [0.29, 0.717) is 23.4 Å². The Balaban J connectivity index is 0.00000242. The quantitative estimate of drug-likeness (QED) is 0.879. The SMILES string of the molecule is CCN[C@H](C)CNC(=O)c1c(C)nn2c(C)cc(C)nc12.Cl. The number of carbonyl (C=O) groups excluding carboxylic acids is 1. The second-order valence-corrected chi connectivity index (χ2v) is 5.40. The fraction of sp³-hybridized carbons (Fsp3) is 0.533. The zero-order valence-corrected chi connectivity index (χ0v) is 14.5. The van der Waals surface area contributed by atoms with Crippen LogP contribution in [0.3, 0.4) is 0 Å². The third-order valence-corrected chi connectivity index (χ3v) is 3.42. The van der Waals surface area contributed by atoms with Gasteiger partial charge in [0.15, 0.2) is 5.65 Å². The van der Waals surface area contributed by atoms with Crippen molar-refractivity contribution in [1.29, 1.82) is 0 Å². The Hall–Kier alpha value is -1.66. The van der Waals surface area contributed by atoms with Crippen molar-refractivity contribution >= 4 is 24.0 Å². The van der Waals surface area contributed by atoms with Crippen LogP contribution in [0.15, 0.2) is 6.07 Å². The van der Waals surface area contributed by atoms with Gasteiger partial charge in [-0.3, -0.25) is 4.79 Å². The second kappa shape index (κ2) is 7.56. The summed E-state index contributed by atoms with van der Waals surface area (Å²) in [6, 6.07) is 2.19.